The molecule has 5 heteroatoms. The number of aliphatic hydroxyl groups excluding tert-OH is 1. The number of hydrogen-bond donors (Lipinski definition) is 1. The summed E-state index contributed by atoms with van der Waals surface area (Å²) in [6.45, 7) is 1.82. The lowest BCUT2D eigenvalue weighted by molar-refractivity contribution is -0.202. The molecule has 0 aromatic rings. The molecule has 4 atom stereocenters. The van der Waals surface area contributed by atoms with E-state index in [1.165, 1.54) is 13.2 Å². The molecular formula is C9H12O5. The maximum absolute atomic E-state index is 11.0. The molecule has 0 spiro atoms. The smallest absolute Gasteiger partial charge is 0.336 e. The molecule has 1 fully saturated rings. The number of aliphatic hydroxyl groups is 1. The fourth-order valence-electron chi connectivity index (χ4n) is 1.82. The summed E-state index contributed by atoms with van der Waals surface area (Å²) in [5.41, 5.74) is 0. The molecule has 0 bridgehead atoms. The number of carbonyl (C=O) groups is 1. The van der Waals surface area contributed by atoms with Gasteiger partial charge in [0.05, 0.1) is 19.1 Å². The number of methoxy groups -OCH3 is 1. The summed E-state index contributed by atoms with van der Waals surface area (Å²) >= 11 is 0. The van der Waals surface area contributed by atoms with Crippen LogP contribution in [0, 0.1) is 11.8 Å². The van der Waals surface area contributed by atoms with Crippen LogP contribution in [0.5, 0.6) is 0 Å². The van der Waals surface area contributed by atoms with Crippen LogP contribution in [0.4, 0.5) is 0 Å². The first-order valence-electron chi connectivity index (χ1n) is 4.43. The van der Waals surface area contributed by atoms with Crippen molar-refractivity contribution in [3.05, 3.63) is 11.8 Å². The Labute approximate surface area is 81.3 Å². The van der Waals surface area contributed by atoms with Crippen LogP contribution < -0.4 is 0 Å². The molecule has 5 nitrogen and oxygen atoms in total. The number of hydrogen-bond acceptors (Lipinski definition) is 5. The first-order chi connectivity index (χ1) is 6.63. The quantitative estimate of drug-likeness (QED) is 0.603. The summed E-state index contributed by atoms with van der Waals surface area (Å²) in [6, 6.07) is 0. The van der Waals surface area contributed by atoms with Crippen molar-refractivity contribution in [2.75, 3.05) is 7.11 Å². The Balaban J connectivity index is 2.29. The molecule has 0 aliphatic carbocycles. The van der Waals surface area contributed by atoms with Crippen LogP contribution in [-0.2, 0) is 19.0 Å². The Hall–Kier alpha value is -1.07. The Kier molecular flexibility index (Phi) is 2.20. The molecule has 1 saturated heterocycles. The normalized spacial score (nSPS) is 41.4. The number of esters is 1. The lowest BCUT2D eigenvalue weighted by Crippen LogP contribution is -2.31. The lowest BCUT2D eigenvalue weighted by Gasteiger charge is -2.25. The van der Waals surface area contributed by atoms with Crippen LogP contribution in [-0.4, -0.2) is 30.8 Å². The van der Waals surface area contributed by atoms with Gasteiger partial charge in [-0.2, -0.15) is 0 Å². The van der Waals surface area contributed by atoms with Gasteiger partial charge in [-0.05, 0) is 0 Å². The second-order valence-corrected chi connectivity index (χ2v) is 3.47. The molecule has 0 saturated carbocycles. The SMILES string of the molecule is COC1=CC(=O)O[C@H]2OC(O)C(C)[C@@H]12. The summed E-state index contributed by atoms with van der Waals surface area (Å²) in [5, 5.41) is 9.43. The van der Waals surface area contributed by atoms with Crippen molar-refractivity contribution in [1.82, 2.24) is 0 Å². The zero-order chi connectivity index (χ0) is 10.3. The minimum atomic E-state index is -0.908. The van der Waals surface area contributed by atoms with Crippen molar-refractivity contribution >= 4 is 5.97 Å². The summed E-state index contributed by atoms with van der Waals surface area (Å²) in [6.07, 6.45) is -0.333. The van der Waals surface area contributed by atoms with Crippen molar-refractivity contribution in [3.63, 3.8) is 0 Å². The first-order valence-corrected chi connectivity index (χ1v) is 4.43. The molecule has 0 aromatic heterocycles. The van der Waals surface area contributed by atoms with Gasteiger partial charge in [-0.25, -0.2) is 4.79 Å². The molecule has 0 amide bonds. The van der Waals surface area contributed by atoms with Crippen LogP contribution in [0.2, 0.25) is 0 Å². The van der Waals surface area contributed by atoms with Gasteiger partial charge in [0.15, 0.2) is 6.29 Å². The van der Waals surface area contributed by atoms with Gasteiger partial charge in [0.1, 0.15) is 5.76 Å². The minimum absolute atomic E-state index is 0.140. The van der Waals surface area contributed by atoms with Crippen LogP contribution >= 0.6 is 0 Å². The largest absolute Gasteiger partial charge is 0.500 e. The van der Waals surface area contributed by atoms with Crippen molar-refractivity contribution < 1.29 is 24.1 Å². The van der Waals surface area contributed by atoms with Gasteiger partial charge >= 0.3 is 5.97 Å². The van der Waals surface area contributed by atoms with Crippen molar-refractivity contribution in [3.8, 4) is 0 Å². The van der Waals surface area contributed by atoms with Gasteiger partial charge in [0, 0.05) is 5.92 Å². The molecule has 14 heavy (non-hydrogen) atoms. The van der Waals surface area contributed by atoms with Gasteiger partial charge < -0.3 is 19.3 Å². The van der Waals surface area contributed by atoms with Crippen LogP contribution in [0.15, 0.2) is 11.8 Å². The fraction of sp³-hybridized carbons (Fsp3) is 0.667. The predicted molar refractivity (Wildman–Crippen MR) is 44.7 cm³/mol. The lowest BCUT2D eigenvalue weighted by atomic mass is 9.92. The average Bonchev–Trinajstić information content (AvgIpc) is 2.41. The molecule has 2 heterocycles. The zero-order valence-electron chi connectivity index (χ0n) is 7.97. The van der Waals surface area contributed by atoms with Gasteiger partial charge in [-0.1, -0.05) is 6.92 Å². The number of carbonyl (C=O) groups excluding carboxylic acids is 1. The van der Waals surface area contributed by atoms with E-state index in [1.54, 1.807) is 0 Å². The molecular weight excluding hydrogens is 188 g/mol. The van der Waals surface area contributed by atoms with E-state index in [0.717, 1.165) is 0 Å². The number of ether oxygens (including phenoxy) is 3. The first kappa shape index (κ1) is 9.48. The summed E-state index contributed by atoms with van der Waals surface area (Å²) in [5.74, 6) is -0.327. The van der Waals surface area contributed by atoms with E-state index in [4.69, 9.17) is 14.2 Å². The van der Waals surface area contributed by atoms with E-state index in [9.17, 15) is 9.90 Å². The van der Waals surface area contributed by atoms with Crippen LogP contribution in [0.25, 0.3) is 0 Å². The minimum Gasteiger partial charge on any atom is -0.500 e. The fourth-order valence-corrected chi connectivity index (χ4v) is 1.82. The molecule has 2 aliphatic heterocycles. The standard InChI is InChI=1S/C9H12O5/c1-4-7-5(12-2)3-6(10)13-9(7)14-8(4)11/h3-4,7-9,11H,1-2H3/t4?,7-,8?,9-/m0/s1. The Morgan fingerprint density at radius 1 is 1.57 bits per heavy atom. The molecule has 2 aliphatic rings. The van der Waals surface area contributed by atoms with Crippen LogP contribution in [0.1, 0.15) is 6.92 Å². The Bertz CT molecular complexity index is 285. The topological polar surface area (TPSA) is 65.0 Å². The second-order valence-electron chi connectivity index (χ2n) is 3.47. The third kappa shape index (κ3) is 1.29. The molecule has 0 aromatic carbocycles. The van der Waals surface area contributed by atoms with E-state index in [1.807, 2.05) is 6.92 Å². The molecule has 2 rings (SSSR count). The van der Waals surface area contributed by atoms with Gasteiger partial charge in [0.2, 0.25) is 6.29 Å². The van der Waals surface area contributed by atoms with Crippen molar-refractivity contribution in [2.45, 2.75) is 19.5 Å². The van der Waals surface area contributed by atoms with Gasteiger partial charge in [-0.15, -0.1) is 0 Å². The highest BCUT2D eigenvalue weighted by molar-refractivity contribution is 5.83. The van der Waals surface area contributed by atoms with Gasteiger partial charge in [0.25, 0.3) is 0 Å². The molecule has 0 radical (unpaired) electrons. The molecule has 1 N–H and O–H groups in total. The van der Waals surface area contributed by atoms with E-state index in [0.29, 0.717) is 5.76 Å². The van der Waals surface area contributed by atoms with Crippen molar-refractivity contribution in [1.29, 1.82) is 0 Å². The van der Waals surface area contributed by atoms with Gasteiger partial charge in [-0.3, -0.25) is 0 Å². The third-order valence-corrected chi connectivity index (χ3v) is 2.64. The maximum Gasteiger partial charge on any atom is 0.336 e. The summed E-state index contributed by atoms with van der Waals surface area (Å²) in [7, 11) is 1.49. The Morgan fingerprint density at radius 3 is 2.93 bits per heavy atom. The van der Waals surface area contributed by atoms with Crippen molar-refractivity contribution in [2.24, 2.45) is 11.8 Å². The monoisotopic (exact) mass is 200 g/mol. The Morgan fingerprint density at radius 2 is 2.29 bits per heavy atom. The summed E-state index contributed by atoms with van der Waals surface area (Å²) in [4.78, 5) is 11.0. The molecule has 78 valence electrons. The maximum atomic E-state index is 11.0. The average molecular weight is 200 g/mol. The second kappa shape index (κ2) is 3.25. The number of rotatable bonds is 1. The summed E-state index contributed by atoms with van der Waals surface area (Å²) < 4.78 is 15.0. The van der Waals surface area contributed by atoms with E-state index in [-0.39, 0.29) is 11.8 Å². The molecule has 2 unspecified atom stereocenters. The van der Waals surface area contributed by atoms with E-state index >= 15 is 0 Å². The highest BCUT2D eigenvalue weighted by Gasteiger charge is 2.48. The predicted octanol–water partition coefficient (Wildman–Crippen LogP) is 0.000500. The third-order valence-electron chi connectivity index (χ3n) is 2.64. The highest BCUT2D eigenvalue weighted by atomic mass is 16.7. The van der Waals surface area contributed by atoms with E-state index in [2.05, 4.69) is 0 Å². The zero-order valence-corrected chi connectivity index (χ0v) is 7.97. The van der Waals surface area contributed by atoms with Crippen LogP contribution in [0.3, 0.4) is 0 Å². The van der Waals surface area contributed by atoms with E-state index < -0.39 is 18.5 Å². The highest BCUT2D eigenvalue weighted by Crippen LogP contribution is 2.39. The number of fused-ring (bicyclic) bond motifs is 1.